The number of amides is 1. The van der Waals surface area contributed by atoms with E-state index in [2.05, 4.69) is 11.8 Å². The Balaban J connectivity index is 1.95. The summed E-state index contributed by atoms with van der Waals surface area (Å²) in [4.78, 5) is 14.0. The third kappa shape index (κ3) is 7.24. The molecule has 29 heavy (non-hydrogen) atoms. The summed E-state index contributed by atoms with van der Waals surface area (Å²) in [6.07, 6.45) is 1.04. The Morgan fingerprint density at radius 2 is 1.90 bits per heavy atom. The van der Waals surface area contributed by atoms with Crippen LogP contribution in [0.25, 0.3) is 0 Å². The van der Waals surface area contributed by atoms with Crippen molar-refractivity contribution in [2.24, 2.45) is 5.10 Å². The molecule has 2 rings (SSSR count). The first kappa shape index (κ1) is 23.0. The van der Waals surface area contributed by atoms with E-state index in [1.807, 2.05) is 63.0 Å². The summed E-state index contributed by atoms with van der Waals surface area (Å²) in [5.41, 5.74) is -0.485. The molecule has 1 amide bonds. The van der Waals surface area contributed by atoms with Gasteiger partial charge in [0.15, 0.2) is 0 Å². The Hall–Kier alpha value is -2.28. The van der Waals surface area contributed by atoms with Crippen LogP contribution < -0.4 is 4.74 Å². The van der Waals surface area contributed by atoms with Crippen molar-refractivity contribution < 1.29 is 19.0 Å². The maximum Gasteiger partial charge on any atom is 0.410 e. The average molecular weight is 406 g/mol. The average Bonchev–Trinajstić information content (AvgIpc) is 2.70. The third-order valence-electron chi connectivity index (χ3n) is 5.01. The Morgan fingerprint density at radius 1 is 1.28 bits per heavy atom. The van der Waals surface area contributed by atoms with Gasteiger partial charge in [0.05, 0.1) is 18.7 Å². The Labute approximate surface area is 174 Å². The van der Waals surface area contributed by atoms with E-state index >= 15 is 0 Å². The number of hydrogen-bond acceptors (Lipinski definition) is 6. The van der Waals surface area contributed by atoms with E-state index in [0.29, 0.717) is 19.6 Å². The van der Waals surface area contributed by atoms with Crippen molar-refractivity contribution in [2.75, 3.05) is 26.7 Å². The number of hydrogen-bond donors (Lipinski definition) is 0. The minimum absolute atomic E-state index is 0.110. The summed E-state index contributed by atoms with van der Waals surface area (Å²) in [5, 5.41) is 6.22. The zero-order valence-corrected chi connectivity index (χ0v) is 18.3. The van der Waals surface area contributed by atoms with Crippen LogP contribution in [0.5, 0.6) is 5.75 Å². The number of benzene rings is 1. The lowest BCUT2D eigenvalue weighted by Gasteiger charge is -2.39. The third-order valence-corrected chi connectivity index (χ3v) is 5.01. The zero-order valence-electron chi connectivity index (χ0n) is 18.3. The van der Waals surface area contributed by atoms with E-state index in [0.717, 1.165) is 18.6 Å². The van der Waals surface area contributed by atoms with Gasteiger partial charge in [-0.3, -0.25) is 5.01 Å². The fraction of sp³-hybridized carbons (Fsp3) is 0.636. The second kappa shape index (κ2) is 10.5. The quantitative estimate of drug-likeness (QED) is 0.486. The fourth-order valence-electron chi connectivity index (χ4n) is 3.29. The molecule has 7 nitrogen and oxygen atoms in total. The van der Waals surface area contributed by atoms with Gasteiger partial charge in [-0.15, -0.1) is 0 Å². The second-order valence-electron chi connectivity index (χ2n) is 8.37. The summed E-state index contributed by atoms with van der Waals surface area (Å²) < 4.78 is 17.2. The summed E-state index contributed by atoms with van der Waals surface area (Å²) in [7, 11) is 1.68. The van der Waals surface area contributed by atoms with E-state index in [-0.39, 0.29) is 24.3 Å². The number of carbonyl (C=O) groups is 1. The lowest BCUT2D eigenvalue weighted by Crippen LogP contribution is -2.49. The van der Waals surface area contributed by atoms with Gasteiger partial charge in [0.2, 0.25) is 0 Å². The van der Waals surface area contributed by atoms with Gasteiger partial charge in [0.25, 0.3) is 0 Å². The number of rotatable bonds is 8. The van der Waals surface area contributed by atoms with Gasteiger partial charge in [-0.25, -0.2) is 4.79 Å². The van der Waals surface area contributed by atoms with Crippen LogP contribution in [0, 0.1) is 0 Å². The van der Waals surface area contributed by atoms with Gasteiger partial charge in [0.1, 0.15) is 17.5 Å². The first-order valence-electron chi connectivity index (χ1n) is 10.2. The van der Waals surface area contributed by atoms with Crippen LogP contribution in [0.4, 0.5) is 4.79 Å². The number of likely N-dealkylation sites (tertiary alicyclic amines) is 1. The van der Waals surface area contributed by atoms with Crippen molar-refractivity contribution in [3.05, 3.63) is 30.3 Å². The molecule has 0 N–H and O–H groups in total. The molecule has 1 aliphatic heterocycles. The molecule has 2 atom stereocenters. The summed E-state index contributed by atoms with van der Waals surface area (Å²) in [6, 6.07) is 9.90. The Bertz CT molecular complexity index is 639. The van der Waals surface area contributed by atoms with Gasteiger partial charge in [-0.1, -0.05) is 18.2 Å². The fourth-order valence-corrected chi connectivity index (χ4v) is 3.29. The van der Waals surface area contributed by atoms with Crippen molar-refractivity contribution in [1.29, 1.82) is 0 Å². The zero-order chi connectivity index (χ0) is 21.4. The molecule has 7 heteroatoms. The van der Waals surface area contributed by atoms with Gasteiger partial charge < -0.3 is 19.1 Å². The molecule has 0 radical (unpaired) electrons. The molecule has 1 saturated heterocycles. The minimum Gasteiger partial charge on any atom is -0.486 e. The van der Waals surface area contributed by atoms with E-state index < -0.39 is 5.60 Å². The predicted molar refractivity (Wildman–Crippen MR) is 114 cm³/mol. The highest BCUT2D eigenvalue weighted by Crippen LogP contribution is 2.22. The van der Waals surface area contributed by atoms with Crippen LogP contribution in [0.15, 0.2) is 35.4 Å². The van der Waals surface area contributed by atoms with Crippen LogP contribution in [-0.4, -0.2) is 73.3 Å². The number of hydrazone groups is 1. The van der Waals surface area contributed by atoms with E-state index in [4.69, 9.17) is 14.2 Å². The van der Waals surface area contributed by atoms with Crippen LogP contribution in [0.3, 0.4) is 0 Å². The molecule has 1 aromatic carbocycles. The number of piperidine rings is 1. The summed E-state index contributed by atoms with van der Waals surface area (Å²) in [6.45, 7) is 13.2. The predicted octanol–water partition coefficient (Wildman–Crippen LogP) is 3.79. The standard InChI is InChI=1S/C22H35N3O4/c1-17(27-6)20(28-19-10-8-7-9-11-19)16-25(23-5)18-12-14-24(15-13-18)21(26)29-22(2,3)4/h7-11,17-18,20H,5,12-16H2,1-4,6H3/t17-,20?/m0/s1. The smallest absolute Gasteiger partial charge is 0.410 e. The highest BCUT2D eigenvalue weighted by Gasteiger charge is 2.31. The molecule has 1 unspecified atom stereocenters. The topological polar surface area (TPSA) is 63.6 Å². The van der Waals surface area contributed by atoms with Crippen LogP contribution in [-0.2, 0) is 9.47 Å². The Kier molecular flexibility index (Phi) is 8.32. The van der Waals surface area contributed by atoms with E-state index in [9.17, 15) is 4.79 Å². The van der Waals surface area contributed by atoms with Crippen molar-refractivity contribution in [2.45, 2.75) is 64.4 Å². The van der Waals surface area contributed by atoms with Gasteiger partial charge >= 0.3 is 6.09 Å². The lowest BCUT2D eigenvalue weighted by atomic mass is 10.0. The van der Waals surface area contributed by atoms with Crippen LogP contribution in [0.2, 0.25) is 0 Å². The molecule has 0 spiro atoms. The normalized spacial score (nSPS) is 17.3. The maximum atomic E-state index is 12.3. The SMILES string of the molecule is C=NN(CC(Oc1ccccc1)[C@H](C)OC)C1CCN(C(=O)OC(C)(C)C)CC1. The number of nitrogens with zero attached hydrogens (tertiary/aromatic N) is 3. The van der Waals surface area contributed by atoms with Crippen molar-refractivity contribution in [1.82, 2.24) is 9.91 Å². The molecular formula is C22H35N3O4. The van der Waals surface area contributed by atoms with Crippen molar-refractivity contribution >= 4 is 12.8 Å². The highest BCUT2D eigenvalue weighted by molar-refractivity contribution is 5.68. The molecule has 0 bridgehead atoms. The van der Waals surface area contributed by atoms with Crippen molar-refractivity contribution in [3.63, 3.8) is 0 Å². The highest BCUT2D eigenvalue weighted by atomic mass is 16.6. The van der Waals surface area contributed by atoms with E-state index in [1.165, 1.54) is 0 Å². The monoisotopic (exact) mass is 405 g/mol. The van der Waals surface area contributed by atoms with Crippen molar-refractivity contribution in [3.8, 4) is 5.75 Å². The van der Waals surface area contributed by atoms with Gasteiger partial charge in [-0.2, -0.15) is 5.10 Å². The molecule has 0 saturated carbocycles. The molecule has 1 fully saturated rings. The van der Waals surface area contributed by atoms with E-state index in [1.54, 1.807) is 12.0 Å². The Morgan fingerprint density at radius 3 is 2.41 bits per heavy atom. The van der Waals surface area contributed by atoms with Gasteiger partial charge in [-0.05, 0) is 52.7 Å². The first-order valence-corrected chi connectivity index (χ1v) is 10.2. The molecule has 0 aromatic heterocycles. The molecule has 0 aliphatic carbocycles. The van der Waals surface area contributed by atoms with Crippen LogP contribution >= 0.6 is 0 Å². The molecule has 1 aliphatic rings. The molecule has 1 heterocycles. The second-order valence-corrected chi connectivity index (χ2v) is 8.37. The minimum atomic E-state index is -0.485. The van der Waals surface area contributed by atoms with Gasteiger partial charge in [0, 0.05) is 26.9 Å². The molecule has 162 valence electrons. The number of para-hydroxylation sites is 1. The first-order chi connectivity index (χ1) is 13.7. The number of carbonyl (C=O) groups excluding carboxylic acids is 1. The molecule has 1 aromatic rings. The number of ether oxygens (including phenoxy) is 3. The van der Waals surface area contributed by atoms with Crippen LogP contribution in [0.1, 0.15) is 40.5 Å². The molecular weight excluding hydrogens is 370 g/mol. The summed E-state index contributed by atoms with van der Waals surface area (Å²) >= 11 is 0. The largest absolute Gasteiger partial charge is 0.486 e. The summed E-state index contributed by atoms with van der Waals surface area (Å²) in [5.74, 6) is 0.796. The maximum absolute atomic E-state index is 12.3. The lowest BCUT2D eigenvalue weighted by molar-refractivity contribution is -0.0186. The number of methoxy groups -OCH3 is 1.